The highest BCUT2D eigenvalue weighted by Crippen LogP contribution is 2.32. The third-order valence-electron chi connectivity index (χ3n) is 5.69. The highest BCUT2D eigenvalue weighted by Gasteiger charge is 2.22. The molecular formula is C26H23F2N3O4. The molecule has 3 heterocycles. The van der Waals surface area contributed by atoms with Gasteiger partial charge in [0.25, 0.3) is 6.43 Å². The summed E-state index contributed by atoms with van der Waals surface area (Å²) in [5.41, 5.74) is 2.08. The van der Waals surface area contributed by atoms with E-state index in [9.17, 15) is 23.5 Å². The van der Waals surface area contributed by atoms with E-state index in [0.29, 0.717) is 22.3 Å². The molecule has 0 radical (unpaired) electrons. The van der Waals surface area contributed by atoms with Crippen molar-refractivity contribution in [2.24, 2.45) is 0 Å². The number of halogens is 2. The summed E-state index contributed by atoms with van der Waals surface area (Å²) < 4.78 is 32.6. The minimum Gasteiger partial charge on any atom is -0.476 e. The maximum Gasteiger partial charge on any atom is 0.356 e. The zero-order chi connectivity index (χ0) is 25.4. The van der Waals surface area contributed by atoms with Crippen molar-refractivity contribution in [2.45, 2.75) is 40.2 Å². The van der Waals surface area contributed by atoms with E-state index in [2.05, 4.69) is 15.3 Å². The van der Waals surface area contributed by atoms with Crippen LogP contribution < -0.4 is 10.7 Å². The molecule has 4 aromatic rings. The number of aryl methyl sites for hydroxylation is 2. The Hall–Kier alpha value is -4.14. The van der Waals surface area contributed by atoms with E-state index in [-0.39, 0.29) is 33.7 Å². The smallest absolute Gasteiger partial charge is 0.356 e. The number of benzene rings is 1. The molecule has 7 nitrogen and oxygen atoms in total. The highest BCUT2D eigenvalue weighted by atomic mass is 19.3. The largest absolute Gasteiger partial charge is 0.476 e. The molecule has 1 aromatic carbocycles. The summed E-state index contributed by atoms with van der Waals surface area (Å²) in [4.78, 5) is 33.0. The fourth-order valence-electron chi connectivity index (χ4n) is 3.98. The Morgan fingerprint density at radius 3 is 2.51 bits per heavy atom. The molecule has 1 atom stereocenters. The third-order valence-corrected chi connectivity index (χ3v) is 5.69. The van der Waals surface area contributed by atoms with Crippen LogP contribution in [0.3, 0.4) is 0 Å². The highest BCUT2D eigenvalue weighted by molar-refractivity contribution is 5.92. The van der Waals surface area contributed by atoms with Crippen molar-refractivity contribution in [3.63, 3.8) is 0 Å². The number of alkyl halides is 2. The van der Waals surface area contributed by atoms with Crippen molar-refractivity contribution < 1.29 is 23.1 Å². The molecule has 0 spiro atoms. The molecule has 0 saturated heterocycles. The number of nitrogens with zero attached hydrogens (tertiary/aromatic N) is 2. The van der Waals surface area contributed by atoms with Gasteiger partial charge in [0, 0.05) is 16.8 Å². The first-order valence-electron chi connectivity index (χ1n) is 10.9. The average Bonchev–Trinajstić information content (AvgIpc) is 2.82. The quantitative estimate of drug-likeness (QED) is 0.350. The number of nitrogens with one attached hydrogen (secondary N) is 1. The van der Waals surface area contributed by atoms with Crippen molar-refractivity contribution in [1.82, 2.24) is 9.97 Å². The number of carboxylic acids is 1. The lowest BCUT2D eigenvalue weighted by atomic mass is 9.99. The summed E-state index contributed by atoms with van der Waals surface area (Å²) in [5, 5.41) is 13.0. The Labute approximate surface area is 199 Å². The van der Waals surface area contributed by atoms with Crippen LogP contribution in [-0.2, 0) is 0 Å². The summed E-state index contributed by atoms with van der Waals surface area (Å²) in [6.07, 6.45) is -2.77. The average molecular weight is 479 g/mol. The second kappa shape index (κ2) is 9.25. The zero-order valence-corrected chi connectivity index (χ0v) is 19.5. The lowest BCUT2D eigenvalue weighted by Gasteiger charge is -2.19. The number of hydrogen-bond acceptors (Lipinski definition) is 6. The summed E-state index contributed by atoms with van der Waals surface area (Å²) in [6.45, 7) is 6.90. The fourth-order valence-corrected chi connectivity index (χ4v) is 3.98. The zero-order valence-electron chi connectivity index (χ0n) is 19.5. The van der Waals surface area contributed by atoms with E-state index in [1.165, 1.54) is 18.2 Å². The Kier molecular flexibility index (Phi) is 6.34. The maximum absolute atomic E-state index is 13.3. The third kappa shape index (κ3) is 4.62. The number of pyridine rings is 2. The monoisotopic (exact) mass is 479 g/mol. The second-order valence-corrected chi connectivity index (χ2v) is 8.38. The topological polar surface area (TPSA) is 105 Å². The Bertz CT molecular complexity index is 1510. The molecule has 0 aliphatic carbocycles. The van der Waals surface area contributed by atoms with Crippen LogP contribution in [-0.4, -0.2) is 21.0 Å². The maximum atomic E-state index is 13.3. The van der Waals surface area contributed by atoms with Gasteiger partial charge in [-0.1, -0.05) is 12.1 Å². The molecule has 0 aliphatic rings. The predicted molar refractivity (Wildman–Crippen MR) is 128 cm³/mol. The van der Waals surface area contributed by atoms with Gasteiger partial charge in [-0.3, -0.25) is 4.79 Å². The van der Waals surface area contributed by atoms with Gasteiger partial charge in [-0.25, -0.2) is 23.5 Å². The van der Waals surface area contributed by atoms with Gasteiger partial charge in [0.2, 0.25) is 0 Å². The Balaban J connectivity index is 1.89. The summed E-state index contributed by atoms with van der Waals surface area (Å²) in [6, 6.07) is 10.5. The molecule has 0 bridgehead atoms. The van der Waals surface area contributed by atoms with E-state index in [0.717, 1.165) is 5.56 Å². The summed E-state index contributed by atoms with van der Waals surface area (Å²) in [5.74, 6) is -1.07. The standard InChI is InChI=1S/C26H23F2N3O4/c1-12-10-16(15(4)30-18-9-8-13(2)29-21(18)26(33)34)24-17(11-12)22(32)14(3)23(35-24)19-6-5-7-20(31-19)25(27)28/h5-11,15,25,30H,1-4H3,(H,33,34)/t15-/m1/s1. The van der Waals surface area contributed by atoms with E-state index in [1.54, 1.807) is 39.0 Å². The van der Waals surface area contributed by atoms with Gasteiger partial charge in [0.1, 0.15) is 17.0 Å². The Morgan fingerprint density at radius 2 is 1.83 bits per heavy atom. The molecule has 0 unspecified atom stereocenters. The summed E-state index contributed by atoms with van der Waals surface area (Å²) in [7, 11) is 0. The van der Waals surface area contributed by atoms with Crippen LogP contribution in [0.4, 0.5) is 14.5 Å². The summed E-state index contributed by atoms with van der Waals surface area (Å²) >= 11 is 0. The van der Waals surface area contributed by atoms with Gasteiger partial charge in [-0.2, -0.15) is 0 Å². The number of rotatable bonds is 6. The molecule has 2 N–H and O–H groups in total. The first-order valence-corrected chi connectivity index (χ1v) is 10.9. The van der Waals surface area contributed by atoms with Crippen molar-refractivity contribution in [1.29, 1.82) is 0 Å². The molecule has 9 heteroatoms. The number of anilines is 1. The molecular weight excluding hydrogens is 456 g/mol. The van der Waals surface area contributed by atoms with Crippen molar-refractivity contribution in [3.05, 3.63) is 86.5 Å². The van der Waals surface area contributed by atoms with E-state index in [4.69, 9.17) is 4.42 Å². The van der Waals surface area contributed by atoms with Crippen LogP contribution in [0, 0.1) is 20.8 Å². The number of hydrogen-bond donors (Lipinski definition) is 2. The van der Waals surface area contributed by atoms with E-state index < -0.39 is 24.1 Å². The van der Waals surface area contributed by atoms with Gasteiger partial charge < -0.3 is 14.8 Å². The lowest BCUT2D eigenvalue weighted by Crippen LogP contribution is -2.15. The van der Waals surface area contributed by atoms with Gasteiger partial charge >= 0.3 is 5.97 Å². The van der Waals surface area contributed by atoms with Crippen molar-refractivity contribution in [3.8, 4) is 11.5 Å². The molecule has 0 saturated carbocycles. The van der Waals surface area contributed by atoms with Crippen LogP contribution in [0.5, 0.6) is 0 Å². The van der Waals surface area contributed by atoms with Gasteiger partial charge in [-0.05, 0) is 63.6 Å². The van der Waals surface area contributed by atoms with Crippen LogP contribution in [0.25, 0.3) is 22.4 Å². The van der Waals surface area contributed by atoms with Gasteiger partial charge in [0.05, 0.1) is 17.1 Å². The van der Waals surface area contributed by atoms with Crippen molar-refractivity contribution >= 4 is 22.6 Å². The van der Waals surface area contributed by atoms with Crippen LogP contribution >= 0.6 is 0 Å². The van der Waals surface area contributed by atoms with E-state index >= 15 is 0 Å². The van der Waals surface area contributed by atoms with E-state index in [1.807, 2.05) is 13.0 Å². The molecule has 0 aliphatic heterocycles. The predicted octanol–water partition coefficient (Wildman–Crippen LogP) is 5.98. The number of carboxylic acid groups (broad SMARTS) is 1. The second-order valence-electron chi connectivity index (χ2n) is 8.38. The molecule has 4 rings (SSSR count). The minimum absolute atomic E-state index is 0.102. The minimum atomic E-state index is -2.77. The van der Waals surface area contributed by atoms with Gasteiger partial charge in [-0.15, -0.1) is 0 Å². The fraction of sp³-hybridized carbons (Fsp3) is 0.231. The van der Waals surface area contributed by atoms with Crippen LogP contribution in [0.1, 0.15) is 58.0 Å². The molecule has 35 heavy (non-hydrogen) atoms. The molecule has 0 fully saturated rings. The number of aromatic carboxylic acids is 1. The van der Waals surface area contributed by atoms with Crippen LogP contribution in [0.15, 0.2) is 51.7 Å². The Morgan fingerprint density at radius 1 is 1.09 bits per heavy atom. The number of aromatic nitrogens is 2. The SMILES string of the molecule is Cc1cc([C@@H](C)Nc2ccc(C)nc2C(=O)O)c2oc(-c3cccc(C(F)F)n3)c(C)c(=O)c2c1. The van der Waals surface area contributed by atoms with Crippen molar-refractivity contribution in [2.75, 3.05) is 5.32 Å². The molecule has 3 aromatic heterocycles. The normalized spacial score (nSPS) is 12.2. The molecule has 180 valence electrons. The number of fused-ring (bicyclic) bond motifs is 1. The first-order chi connectivity index (χ1) is 16.6. The lowest BCUT2D eigenvalue weighted by molar-refractivity contribution is 0.0691. The van der Waals surface area contributed by atoms with Gasteiger partial charge in [0.15, 0.2) is 16.9 Å². The first kappa shape index (κ1) is 24.0. The van der Waals surface area contributed by atoms with Crippen LogP contribution in [0.2, 0.25) is 0 Å². The number of carbonyl (C=O) groups is 1. The molecule has 0 amide bonds.